The second-order valence-corrected chi connectivity index (χ2v) is 6.49. The van der Waals surface area contributed by atoms with Gasteiger partial charge < -0.3 is 5.32 Å². The van der Waals surface area contributed by atoms with Gasteiger partial charge in [-0.2, -0.15) is 0 Å². The zero-order valence-corrected chi connectivity index (χ0v) is 13.3. The Morgan fingerprint density at radius 2 is 1.63 bits per heavy atom. The molecule has 19 heavy (non-hydrogen) atoms. The lowest BCUT2D eigenvalue weighted by molar-refractivity contribution is -0.132. The molecule has 1 N–H and O–H groups in total. The molecular weight excluding hydrogens is 234 g/mol. The van der Waals surface area contributed by atoms with Gasteiger partial charge in [-0.25, -0.2) is 0 Å². The fourth-order valence-electron chi connectivity index (χ4n) is 2.99. The summed E-state index contributed by atoms with van der Waals surface area (Å²) >= 11 is 0. The first-order valence-electron chi connectivity index (χ1n) is 8.41. The summed E-state index contributed by atoms with van der Waals surface area (Å²) in [6, 6.07) is 0.164. The van der Waals surface area contributed by atoms with Crippen LogP contribution in [0.4, 0.5) is 0 Å². The number of carbonyl (C=O) groups is 1. The number of Topliss-reactive ketones (excluding diaryl/α,β-unsaturated/α-hetero) is 1. The highest BCUT2D eigenvalue weighted by Gasteiger charge is 2.38. The highest BCUT2D eigenvalue weighted by molar-refractivity contribution is 5.90. The van der Waals surface area contributed by atoms with Crippen LogP contribution in [0.5, 0.6) is 0 Å². The van der Waals surface area contributed by atoms with Crippen LogP contribution in [0.3, 0.4) is 0 Å². The molecule has 0 spiro atoms. The number of rotatable bonds is 11. The summed E-state index contributed by atoms with van der Waals surface area (Å²) < 4.78 is 0. The van der Waals surface area contributed by atoms with Crippen LogP contribution in [0.1, 0.15) is 85.0 Å². The van der Waals surface area contributed by atoms with Gasteiger partial charge in [0.05, 0.1) is 6.04 Å². The second kappa shape index (κ2) is 8.73. The highest BCUT2D eigenvalue weighted by atomic mass is 16.1. The van der Waals surface area contributed by atoms with Crippen molar-refractivity contribution in [2.45, 2.75) is 91.0 Å². The quantitative estimate of drug-likeness (QED) is 0.559. The Morgan fingerprint density at radius 1 is 1.05 bits per heavy atom. The zero-order valence-electron chi connectivity index (χ0n) is 13.3. The van der Waals surface area contributed by atoms with E-state index in [4.69, 9.17) is 0 Å². The number of hydrogen-bond donors (Lipinski definition) is 1. The SMILES string of the molecule is CCCCCCCC(C)(CCCC)C(=O)[C@@H]1CCN1. The molecule has 2 heteroatoms. The third-order valence-corrected chi connectivity index (χ3v) is 4.65. The van der Waals surface area contributed by atoms with E-state index in [1.54, 1.807) is 0 Å². The standard InChI is InChI=1S/C17H33NO/c1-4-6-8-9-10-13-17(3,12-7-5-2)16(19)15-11-14-18-15/h15,18H,4-14H2,1-3H3/t15-,17?/m0/s1. The van der Waals surface area contributed by atoms with E-state index in [1.807, 2.05) is 0 Å². The summed E-state index contributed by atoms with van der Waals surface area (Å²) in [6.45, 7) is 7.70. The molecule has 0 aromatic heterocycles. The lowest BCUT2D eigenvalue weighted by Crippen LogP contribution is -2.53. The Morgan fingerprint density at radius 3 is 2.16 bits per heavy atom. The molecule has 1 fully saturated rings. The van der Waals surface area contributed by atoms with Gasteiger partial charge >= 0.3 is 0 Å². The van der Waals surface area contributed by atoms with Crippen molar-refractivity contribution in [1.29, 1.82) is 0 Å². The molecule has 1 aliphatic heterocycles. The van der Waals surface area contributed by atoms with Crippen LogP contribution in [0.25, 0.3) is 0 Å². The molecule has 0 radical (unpaired) electrons. The minimum atomic E-state index is -0.0691. The third kappa shape index (κ3) is 5.25. The Balaban J connectivity index is 2.41. The summed E-state index contributed by atoms with van der Waals surface area (Å²) in [5, 5.41) is 3.29. The van der Waals surface area contributed by atoms with E-state index in [9.17, 15) is 4.79 Å². The molecular formula is C17H33NO. The van der Waals surface area contributed by atoms with Gasteiger partial charge in [0, 0.05) is 5.41 Å². The Bertz CT molecular complexity index is 260. The summed E-state index contributed by atoms with van der Waals surface area (Å²) in [6.07, 6.45) is 12.1. The minimum Gasteiger partial charge on any atom is -0.307 e. The van der Waals surface area contributed by atoms with E-state index in [0.717, 1.165) is 25.8 Å². The molecule has 112 valence electrons. The maximum absolute atomic E-state index is 12.6. The summed E-state index contributed by atoms with van der Waals surface area (Å²) in [5.41, 5.74) is -0.0691. The summed E-state index contributed by atoms with van der Waals surface area (Å²) in [7, 11) is 0. The van der Waals surface area contributed by atoms with Crippen molar-refractivity contribution in [3.8, 4) is 0 Å². The van der Waals surface area contributed by atoms with E-state index in [0.29, 0.717) is 5.78 Å². The average Bonchev–Trinajstić information content (AvgIpc) is 2.34. The Labute approximate surface area is 119 Å². The number of carbonyl (C=O) groups excluding carboxylic acids is 1. The van der Waals surface area contributed by atoms with Gasteiger partial charge in [-0.05, 0) is 25.8 Å². The first-order valence-corrected chi connectivity index (χ1v) is 8.41. The highest BCUT2D eigenvalue weighted by Crippen LogP contribution is 2.34. The average molecular weight is 267 g/mol. The zero-order chi connectivity index (χ0) is 14.1. The topological polar surface area (TPSA) is 29.1 Å². The smallest absolute Gasteiger partial charge is 0.155 e. The monoisotopic (exact) mass is 267 g/mol. The second-order valence-electron chi connectivity index (χ2n) is 6.49. The van der Waals surface area contributed by atoms with Crippen molar-refractivity contribution in [2.75, 3.05) is 6.54 Å². The van der Waals surface area contributed by atoms with E-state index in [-0.39, 0.29) is 11.5 Å². The van der Waals surface area contributed by atoms with Gasteiger partial charge in [-0.1, -0.05) is 65.7 Å². The first-order chi connectivity index (χ1) is 9.14. The lowest BCUT2D eigenvalue weighted by Gasteiger charge is -2.36. The molecule has 2 atom stereocenters. The van der Waals surface area contributed by atoms with Crippen molar-refractivity contribution in [3.63, 3.8) is 0 Å². The molecule has 1 rings (SSSR count). The fraction of sp³-hybridized carbons (Fsp3) is 0.941. The minimum absolute atomic E-state index is 0.0691. The molecule has 1 saturated heterocycles. The normalized spacial score (nSPS) is 21.7. The van der Waals surface area contributed by atoms with Crippen molar-refractivity contribution in [2.24, 2.45) is 5.41 Å². The van der Waals surface area contributed by atoms with Crippen LogP contribution >= 0.6 is 0 Å². The molecule has 0 aromatic carbocycles. The van der Waals surface area contributed by atoms with Gasteiger partial charge in [0.1, 0.15) is 0 Å². The van der Waals surface area contributed by atoms with Crippen molar-refractivity contribution < 1.29 is 4.79 Å². The predicted molar refractivity (Wildman–Crippen MR) is 82.4 cm³/mol. The summed E-state index contributed by atoms with van der Waals surface area (Å²) in [5.74, 6) is 0.489. The molecule has 1 aliphatic rings. The van der Waals surface area contributed by atoms with Crippen LogP contribution in [-0.2, 0) is 4.79 Å². The van der Waals surface area contributed by atoms with Crippen LogP contribution in [0, 0.1) is 5.41 Å². The molecule has 1 unspecified atom stereocenters. The van der Waals surface area contributed by atoms with Gasteiger partial charge in [0.2, 0.25) is 0 Å². The molecule has 0 amide bonds. The molecule has 0 aliphatic carbocycles. The largest absolute Gasteiger partial charge is 0.307 e. The van der Waals surface area contributed by atoms with Crippen LogP contribution < -0.4 is 5.32 Å². The molecule has 0 bridgehead atoms. The fourth-order valence-corrected chi connectivity index (χ4v) is 2.99. The maximum atomic E-state index is 12.6. The van der Waals surface area contributed by atoms with Crippen LogP contribution in [0.15, 0.2) is 0 Å². The van der Waals surface area contributed by atoms with Gasteiger partial charge in [-0.3, -0.25) is 4.79 Å². The number of hydrogen-bond acceptors (Lipinski definition) is 2. The lowest BCUT2D eigenvalue weighted by atomic mass is 9.72. The van der Waals surface area contributed by atoms with Crippen molar-refractivity contribution in [1.82, 2.24) is 5.32 Å². The number of unbranched alkanes of at least 4 members (excludes halogenated alkanes) is 5. The van der Waals surface area contributed by atoms with Gasteiger partial charge in [-0.15, -0.1) is 0 Å². The van der Waals surface area contributed by atoms with Gasteiger partial charge in [0.15, 0.2) is 5.78 Å². The molecule has 2 nitrogen and oxygen atoms in total. The van der Waals surface area contributed by atoms with E-state index >= 15 is 0 Å². The van der Waals surface area contributed by atoms with Gasteiger partial charge in [0.25, 0.3) is 0 Å². The number of nitrogens with one attached hydrogen (secondary N) is 1. The van der Waals surface area contributed by atoms with E-state index < -0.39 is 0 Å². The maximum Gasteiger partial charge on any atom is 0.155 e. The predicted octanol–water partition coefficient (Wildman–Crippen LogP) is 4.47. The number of ketones is 1. The first kappa shape index (κ1) is 16.7. The molecule has 0 aromatic rings. The van der Waals surface area contributed by atoms with E-state index in [1.165, 1.54) is 44.9 Å². The van der Waals surface area contributed by atoms with Crippen LogP contribution in [-0.4, -0.2) is 18.4 Å². The molecule has 0 saturated carbocycles. The third-order valence-electron chi connectivity index (χ3n) is 4.65. The molecule has 1 heterocycles. The Hall–Kier alpha value is -0.370. The summed E-state index contributed by atoms with van der Waals surface area (Å²) in [4.78, 5) is 12.6. The Kier molecular flexibility index (Phi) is 7.67. The van der Waals surface area contributed by atoms with Crippen molar-refractivity contribution in [3.05, 3.63) is 0 Å². The van der Waals surface area contributed by atoms with E-state index in [2.05, 4.69) is 26.1 Å². The van der Waals surface area contributed by atoms with Crippen molar-refractivity contribution >= 4 is 5.78 Å². The van der Waals surface area contributed by atoms with Crippen LogP contribution in [0.2, 0.25) is 0 Å².